The highest BCUT2D eigenvalue weighted by Crippen LogP contribution is 2.22. The van der Waals surface area contributed by atoms with Gasteiger partial charge in [0.2, 0.25) is 0 Å². The van der Waals surface area contributed by atoms with E-state index in [0.717, 1.165) is 5.39 Å². The Bertz CT molecular complexity index is 533. The van der Waals surface area contributed by atoms with Gasteiger partial charge in [-0.15, -0.1) is 0 Å². The lowest BCUT2D eigenvalue weighted by Crippen LogP contribution is -2.08. The smallest absolute Gasteiger partial charge is 0.290 e. The Balaban J connectivity index is 2.87. The SMILES string of the molecule is COc1cc2c(Cl)cccc2[nH]c1=O. The molecule has 0 aliphatic rings. The van der Waals surface area contributed by atoms with Gasteiger partial charge in [-0.1, -0.05) is 17.7 Å². The Labute approximate surface area is 85.3 Å². The molecule has 0 radical (unpaired) electrons. The van der Waals surface area contributed by atoms with Crippen molar-refractivity contribution in [2.24, 2.45) is 0 Å². The van der Waals surface area contributed by atoms with Crippen LogP contribution in [0, 0.1) is 0 Å². The van der Waals surface area contributed by atoms with Crippen LogP contribution in [-0.4, -0.2) is 12.1 Å². The van der Waals surface area contributed by atoms with Gasteiger partial charge in [-0.3, -0.25) is 4.79 Å². The lowest BCUT2D eigenvalue weighted by Gasteiger charge is -2.02. The number of rotatable bonds is 1. The number of nitrogens with one attached hydrogen (secondary N) is 1. The predicted octanol–water partition coefficient (Wildman–Crippen LogP) is 2.19. The third-order valence-corrected chi connectivity index (χ3v) is 2.35. The van der Waals surface area contributed by atoms with Crippen molar-refractivity contribution >= 4 is 22.5 Å². The summed E-state index contributed by atoms with van der Waals surface area (Å²) in [4.78, 5) is 14.0. The predicted molar refractivity (Wildman–Crippen MR) is 56.1 cm³/mol. The average Bonchev–Trinajstić information content (AvgIpc) is 2.17. The van der Waals surface area contributed by atoms with E-state index in [0.29, 0.717) is 10.5 Å². The molecule has 14 heavy (non-hydrogen) atoms. The first kappa shape index (κ1) is 9.09. The first-order valence-corrected chi connectivity index (χ1v) is 4.45. The largest absolute Gasteiger partial charge is 0.491 e. The number of methoxy groups -OCH3 is 1. The molecule has 0 spiro atoms. The van der Waals surface area contributed by atoms with Crippen molar-refractivity contribution in [3.05, 3.63) is 39.6 Å². The van der Waals surface area contributed by atoms with Crippen LogP contribution in [0.4, 0.5) is 0 Å². The van der Waals surface area contributed by atoms with Crippen molar-refractivity contribution in [1.29, 1.82) is 0 Å². The normalized spacial score (nSPS) is 10.4. The molecule has 1 aromatic carbocycles. The van der Waals surface area contributed by atoms with Gasteiger partial charge in [-0.2, -0.15) is 0 Å². The van der Waals surface area contributed by atoms with E-state index >= 15 is 0 Å². The molecule has 4 heteroatoms. The third-order valence-electron chi connectivity index (χ3n) is 2.02. The van der Waals surface area contributed by atoms with Gasteiger partial charge in [0.15, 0.2) is 5.75 Å². The van der Waals surface area contributed by atoms with Crippen molar-refractivity contribution in [1.82, 2.24) is 4.98 Å². The molecule has 1 heterocycles. The molecular formula is C10H8ClNO2. The van der Waals surface area contributed by atoms with E-state index < -0.39 is 0 Å². The molecule has 0 bridgehead atoms. The monoisotopic (exact) mass is 209 g/mol. The topological polar surface area (TPSA) is 42.1 Å². The fourth-order valence-electron chi connectivity index (χ4n) is 1.32. The van der Waals surface area contributed by atoms with Crippen LogP contribution in [0.2, 0.25) is 5.02 Å². The number of ether oxygens (including phenoxy) is 1. The van der Waals surface area contributed by atoms with E-state index in [1.165, 1.54) is 7.11 Å². The van der Waals surface area contributed by atoms with Crippen LogP contribution in [0.15, 0.2) is 29.1 Å². The summed E-state index contributed by atoms with van der Waals surface area (Å²) in [5, 5.41) is 1.38. The average molecular weight is 210 g/mol. The molecule has 0 fully saturated rings. The van der Waals surface area contributed by atoms with Crippen LogP contribution in [0.1, 0.15) is 0 Å². The number of halogens is 1. The van der Waals surface area contributed by atoms with E-state index in [4.69, 9.17) is 16.3 Å². The Morgan fingerprint density at radius 3 is 2.93 bits per heavy atom. The van der Waals surface area contributed by atoms with Gasteiger partial charge in [0, 0.05) is 5.39 Å². The van der Waals surface area contributed by atoms with Crippen molar-refractivity contribution < 1.29 is 4.74 Å². The van der Waals surface area contributed by atoms with Crippen LogP contribution in [-0.2, 0) is 0 Å². The summed E-state index contributed by atoms with van der Waals surface area (Å²) >= 11 is 5.96. The van der Waals surface area contributed by atoms with Crippen molar-refractivity contribution in [3.63, 3.8) is 0 Å². The number of benzene rings is 1. The molecule has 0 unspecified atom stereocenters. The van der Waals surface area contributed by atoms with Crippen LogP contribution >= 0.6 is 11.6 Å². The second-order valence-corrected chi connectivity index (χ2v) is 3.28. The molecular weight excluding hydrogens is 202 g/mol. The number of fused-ring (bicyclic) bond motifs is 1. The highest BCUT2D eigenvalue weighted by atomic mass is 35.5. The van der Waals surface area contributed by atoms with E-state index in [1.807, 2.05) is 0 Å². The van der Waals surface area contributed by atoms with Gasteiger partial charge in [0.1, 0.15) is 0 Å². The molecule has 0 aliphatic carbocycles. The number of pyridine rings is 1. The molecule has 2 aromatic rings. The standard InChI is InChI=1S/C10H8ClNO2/c1-14-9-5-6-7(11)3-2-4-8(6)12-10(9)13/h2-5H,1H3,(H,12,13). The maximum absolute atomic E-state index is 11.4. The first-order chi connectivity index (χ1) is 6.72. The summed E-state index contributed by atoms with van der Waals surface area (Å²) in [6.07, 6.45) is 0. The molecule has 0 atom stereocenters. The maximum Gasteiger partial charge on any atom is 0.290 e. The van der Waals surface area contributed by atoms with Gasteiger partial charge in [0.25, 0.3) is 5.56 Å². The highest BCUT2D eigenvalue weighted by Gasteiger charge is 2.04. The number of hydrogen-bond donors (Lipinski definition) is 1. The quantitative estimate of drug-likeness (QED) is 0.782. The van der Waals surface area contributed by atoms with Gasteiger partial charge in [-0.25, -0.2) is 0 Å². The summed E-state index contributed by atoms with van der Waals surface area (Å²) in [7, 11) is 1.45. The Kier molecular flexibility index (Phi) is 2.17. The molecule has 2 rings (SSSR count). The third kappa shape index (κ3) is 1.36. The Morgan fingerprint density at radius 2 is 2.21 bits per heavy atom. The molecule has 3 nitrogen and oxygen atoms in total. The van der Waals surface area contributed by atoms with Gasteiger partial charge in [-0.05, 0) is 18.2 Å². The highest BCUT2D eigenvalue weighted by molar-refractivity contribution is 6.35. The summed E-state index contributed by atoms with van der Waals surface area (Å²) in [6, 6.07) is 6.98. The molecule has 0 amide bonds. The summed E-state index contributed by atoms with van der Waals surface area (Å²) < 4.78 is 4.91. The summed E-state index contributed by atoms with van der Waals surface area (Å²) in [5.41, 5.74) is 0.463. The molecule has 1 N–H and O–H groups in total. The van der Waals surface area contributed by atoms with Crippen molar-refractivity contribution in [3.8, 4) is 5.75 Å². The minimum Gasteiger partial charge on any atom is -0.491 e. The van der Waals surface area contributed by atoms with E-state index in [2.05, 4.69) is 4.98 Å². The number of hydrogen-bond acceptors (Lipinski definition) is 2. The zero-order chi connectivity index (χ0) is 10.1. The second kappa shape index (κ2) is 3.35. The maximum atomic E-state index is 11.4. The van der Waals surface area contributed by atoms with E-state index in [9.17, 15) is 4.79 Å². The molecule has 0 aliphatic heterocycles. The second-order valence-electron chi connectivity index (χ2n) is 2.87. The first-order valence-electron chi connectivity index (χ1n) is 4.08. The minimum atomic E-state index is -0.248. The summed E-state index contributed by atoms with van der Waals surface area (Å²) in [5.74, 6) is 0.269. The number of H-pyrrole nitrogens is 1. The molecule has 1 aromatic heterocycles. The van der Waals surface area contributed by atoms with Crippen LogP contribution in [0.3, 0.4) is 0 Å². The lowest BCUT2D eigenvalue weighted by molar-refractivity contribution is 0.409. The van der Waals surface area contributed by atoms with E-state index in [-0.39, 0.29) is 11.3 Å². The van der Waals surface area contributed by atoms with Crippen LogP contribution in [0.5, 0.6) is 5.75 Å². The zero-order valence-corrected chi connectivity index (χ0v) is 8.26. The van der Waals surface area contributed by atoms with Gasteiger partial charge in [0.05, 0.1) is 17.6 Å². The number of aromatic nitrogens is 1. The van der Waals surface area contributed by atoms with Crippen molar-refractivity contribution in [2.75, 3.05) is 7.11 Å². The minimum absolute atomic E-state index is 0.248. The fraction of sp³-hybridized carbons (Fsp3) is 0.100. The Morgan fingerprint density at radius 1 is 1.43 bits per heavy atom. The fourth-order valence-corrected chi connectivity index (χ4v) is 1.55. The van der Waals surface area contributed by atoms with Crippen molar-refractivity contribution in [2.45, 2.75) is 0 Å². The van der Waals surface area contributed by atoms with Gasteiger partial charge >= 0.3 is 0 Å². The lowest BCUT2D eigenvalue weighted by atomic mass is 10.2. The van der Waals surface area contributed by atoms with Crippen LogP contribution in [0.25, 0.3) is 10.9 Å². The van der Waals surface area contributed by atoms with Gasteiger partial charge < -0.3 is 9.72 Å². The zero-order valence-electron chi connectivity index (χ0n) is 7.50. The Hall–Kier alpha value is -1.48. The summed E-state index contributed by atoms with van der Waals surface area (Å²) in [6.45, 7) is 0. The van der Waals surface area contributed by atoms with Crippen LogP contribution < -0.4 is 10.3 Å². The number of aromatic amines is 1. The molecule has 0 saturated carbocycles. The molecule has 72 valence electrons. The molecule has 0 saturated heterocycles. The van der Waals surface area contributed by atoms with E-state index in [1.54, 1.807) is 24.3 Å².